The number of halogens is 1. The highest BCUT2D eigenvalue weighted by molar-refractivity contribution is 7.91. The molecule has 2 aromatic heterocycles. The van der Waals surface area contributed by atoms with Gasteiger partial charge in [-0.3, -0.25) is 19.8 Å². The van der Waals surface area contributed by atoms with Gasteiger partial charge < -0.3 is 4.90 Å². The quantitative estimate of drug-likeness (QED) is 0.295. The van der Waals surface area contributed by atoms with Gasteiger partial charge in [0.15, 0.2) is 0 Å². The summed E-state index contributed by atoms with van der Waals surface area (Å²) in [6, 6.07) is 10.8. The van der Waals surface area contributed by atoms with Crippen molar-refractivity contribution in [3.63, 3.8) is 0 Å². The van der Waals surface area contributed by atoms with E-state index in [-0.39, 0.29) is 23.8 Å². The molecular formula is C23H21FN4O5S2. The molecule has 1 aliphatic heterocycles. The Kier molecular flexibility index (Phi) is 7.36. The Morgan fingerprint density at radius 1 is 1.14 bits per heavy atom. The number of amides is 2. The predicted octanol–water partition coefficient (Wildman–Crippen LogP) is 2.37. The summed E-state index contributed by atoms with van der Waals surface area (Å²) in [5, 5.41) is 9.22. The highest BCUT2D eigenvalue weighted by Crippen LogP contribution is 2.33. The van der Waals surface area contributed by atoms with Gasteiger partial charge in [0.2, 0.25) is 5.91 Å². The molecule has 3 aromatic rings. The minimum Gasteiger partial charge on any atom is -0.336 e. The van der Waals surface area contributed by atoms with Gasteiger partial charge in [0, 0.05) is 43.0 Å². The average Bonchev–Trinajstić information content (AvgIpc) is 3.39. The standard InChI is InChI=1S/C23H21FN4O5S2/c24-18-6-4-17(5-7-18)20-8-10-22(34-20)35(32,33)28-13-12-27(15-19(28)23(30)26-31)21(29)9-3-16-2-1-11-25-14-16/h1-11,14,19,31H,12-13,15H2,(H,26,30)/b9-3+/t19-/m1/s1. The van der Waals surface area contributed by atoms with Gasteiger partial charge in [-0.25, -0.2) is 18.3 Å². The van der Waals surface area contributed by atoms with Crippen molar-refractivity contribution in [1.82, 2.24) is 19.7 Å². The fourth-order valence-electron chi connectivity index (χ4n) is 3.63. The van der Waals surface area contributed by atoms with Gasteiger partial charge >= 0.3 is 0 Å². The van der Waals surface area contributed by atoms with Gasteiger partial charge in [0.05, 0.1) is 0 Å². The van der Waals surface area contributed by atoms with Crippen LogP contribution in [0.5, 0.6) is 0 Å². The van der Waals surface area contributed by atoms with E-state index in [4.69, 9.17) is 0 Å². The number of pyridine rings is 1. The first-order chi connectivity index (χ1) is 16.8. The molecule has 1 saturated heterocycles. The van der Waals surface area contributed by atoms with Crippen LogP contribution in [0.1, 0.15) is 5.56 Å². The van der Waals surface area contributed by atoms with Crippen molar-refractivity contribution in [2.45, 2.75) is 10.3 Å². The third-order valence-electron chi connectivity index (χ3n) is 5.43. The maximum Gasteiger partial charge on any atom is 0.263 e. The predicted molar refractivity (Wildman–Crippen MR) is 127 cm³/mol. The largest absolute Gasteiger partial charge is 0.336 e. The zero-order valence-corrected chi connectivity index (χ0v) is 19.9. The van der Waals surface area contributed by atoms with E-state index >= 15 is 0 Å². The third kappa shape index (κ3) is 5.46. The molecule has 1 atom stereocenters. The number of hydrogen-bond donors (Lipinski definition) is 2. The van der Waals surface area contributed by atoms with Crippen molar-refractivity contribution >= 4 is 39.3 Å². The zero-order valence-electron chi connectivity index (χ0n) is 18.2. The highest BCUT2D eigenvalue weighted by atomic mass is 32.2. The van der Waals surface area contributed by atoms with Crippen LogP contribution in [-0.4, -0.2) is 65.3 Å². The fourth-order valence-corrected chi connectivity index (χ4v) is 6.64. The molecule has 0 unspecified atom stereocenters. The lowest BCUT2D eigenvalue weighted by atomic mass is 10.2. The monoisotopic (exact) mass is 516 g/mol. The lowest BCUT2D eigenvalue weighted by Gasteiger charge is -2.38. The van der Waals surface area contributed by atoms with E-state index in [0.717, 1.165) is 15.6 Å². The average molecular weight is 517 g/mol. The number of aromatic nitrogens is 1. The minimum absolute atomic E-state index is 0.0104. The highest BCUT2D eigenvalue weighted by Gasteiger charge is 2.41. The van der Waals surface area contributed by atoms with E-state index in [1.165, 1.54) is 34.7 Å². The summed E-state index contributed by atoms with van der Waals surface area (Å²) < 4.78 is 41.0. The van der Waals surface area contributed by atoms with Crippen LogP contribution in [0.25, 0.3) is 16.5 Å². The molecule has 1 aliphatic rings. The molecule has 1 aromatic carbocycles. The van der Waals surface area contributed by atoms with E-state index in [1.807, 2.05) is 0 Å². The summed E-state index contributed by atoms with van der Waals surface area (Å²) in [6.07, 6.45) is 6.08. The maximum atomic E-state index is 13.4. The Hall–Kier alpha value is -3.45. The molecule has 3 heterocycles. The van der Waals surface area contributed by atoms with Crippen molar-refractivity contribution in [2.24, 2.45) is 0 Å². The van der Waals surface area contributed by atoms with E-state index in [2.05, 4.69) is 4.98 Å². The molecule has 0 spiro atoms. The smallest absolute Gasteiger partial charge is 0.263 e. The number of carbonyl (C=O) groups excluding carboxylic acids is 2. The van der Waals surface area contributed by atoms with Crippen LogP contribution in [-0.2, 0) is 19.6 Å². The van der Waals surface area contributed by atoms with Crippen molar-refractivity contribution < 1.29 is 27.6 Å². The summed E-state index contributed by atoms with van der Waals surface area (Å²) in [6.45, 7) is -0.324. The molecule has 1 fully saturated rings. The van der Waals surface area contributed by atoms with Crippen LogP contribution in [0.15, 0.2) is 71.2 Å². The van der Waals surface area contributed by atoms with Crippen molar-refractivity contribution in [3.05, 3.63) is 78.4 Å². The summed E-state index contributed by atoms with van der Waals surface area (Å²) in [7, 11) is -4.12. The second-order valence-corrected chi connectivity index (χ2v) is 10.8. The van der Waals surface area contributed by atoms with Crippen LogP contribution in [0, 0.1) is 5.82 Å². The van der Waals surface area contributed by atoms with E-state index in [0.29, 0.717) is 16.0 Å². The molecule has 2 amide bonds. The molecule has 0 radical (unpaired) electrons. The molecule has 182 valence electrons. The lowest BCUT2D eigenvalue weighted by molar-refractivity contribution is -0.137. The number of rotatable bonds is 6. The fraction of sp³-hybridized carbons (Fsp3) is 0.174. The number of piperazine rings is 1. The van der Waals surface area contributed by atoms with Gasteiger partial charge in [-0.2, -0.15) is 4.31 Å². The molecule has 2 N–H and O–H groups in total. The number of hydroxylamine groups is 1. The topological polar surface area (TPSA) is 120 Å². The third-order valence-corrected chi connectivity index (χ3v) is 8.94. The Morgan fingerprint density at radius 2 is 1.91 bits per heavy atom. The molecule has 12 heteroatoms. The first kappa shape index (κ1) is 24.7. The number of hydrogen-bond acceptors (Lipinski definition) is 7. The molecule has 0 bridgehead atoms. The van der Waals surface area contributed by atoms with E-state index in [1.54, 1.807) is 48.8 Å². The molecule has 9 nitrogen and oxygen atoms in total. The van der Waals surface area contributed by atoms with Gasteiger partial charge in [-0.1, -0.05) is 18.2 Å². The zero-order chi connectivity index (χ0) is 25.0. The first-order valence-electron chi connectivity index (χ1n) is 10.5. The summed E-state index contributed by atoms with van der Waals surface area (Å²) in [4.78, 5) is 31.0. The summed E-state index contributed by atoms with van der Waals surface area (Å²) in [5.74, 6) is -1.76. The second kappa shape index (κ2) is 10.4. The summed E-state index contributed by atoms with van der Waals surface area (Å²) in [5.41, 5.74) is 2.86. The van der Waals surface area contributed by atoms with Crippen molar-refractivity contribution in [1.29, 1.82) is 0 Å². The Morgan fingerprint density at radius 3 is 2.60 bits per heavy atom. The maximum absolute atomic E-state index is 13.4. The summed E-state index contributed by atoms with van der Waals surface area (Å²) >= 11 is 0.983. The van der Waals surface area contributed by atoms with Gasteiger partial charge in [0.1, 0.15) is 16.1 Å². The Balaban J connectivity index is 1.54. The number of sulfonamides is 1. The minimum atomic E-state index is -4.12. The molecule has 4 rings (SSSR count). The number of carbonyl (C=O) groups is 2. The molecule has 0 aliphatic carbocycles. The SMILES string of the molecule is O=C(NO)[C@H]1CN(C(=O)/C=C/c2cccnc2)CCN1S(=O)(=O)c1ccc(-c2ccc(F)cc2)s1. The Bertz CT molecular complexity index is 1340. The normalized spacial score (nSPS) is 17.0. The first-order valence-corrected chi connectivity index (χ1v) is 12.7. The van der Waals surface area contributed by atoms with Crippen LogP contribution in [0.4, 0.5) is 4.39 Å². The van der Waals surface area contributed by atoms with Crippen LogP contribution in [0.2, 0.25) is 0 Å². The Labute approximate surface area is 205 Å². The number of thiophene rings is 1. The van der Waals surface area contributed by atoms with E-state index < -0.39 is 33.7 Å². The van der Waals surface area contributed by atoms with E-state index in [9.17, 15) is 27.6 Å². The number of nitrogens with zero attached hydrogens (tertiary/aromatic N) is 3. The number of nitrogens with one attached hydrogen (secondary N) is 1. The van der Waals surface area contributed by atoms with Gasteiger partial charge in [-0.05, 0) is 47.5 Å². The van der Waals surface area contributed by atoms with Crippen molar-refractivity contribution in [2.75, 3.05) is 19.6 Å². The van der Waals surface area contributed by atoms with Crippen LogP contribution >= 0.6 is 11.3 Å². The molecule has 0 saturated carbocycles. The van der Waals surface area contributed by atoms with Crippen LogP contribution in [0.3, 0.4) is 0 Å². The van der Waals surface area contributed by atoms with Gasteiger partial charge in [0.25, 0.3) is 15.9 Å². The molecular weight excluding hydrogens is 495 g/mol. The van der Waals surface area contributed by atoms with Crippen molar-refractivity contribution in [3.8, 4) is 10.4 Å². The molecule has 35 heavy (non-hydrogen) atoms. The second-order valence-electron chi connectivity index (χ2n) is 7.64. The van der Waals surface area contributed by atoms with Crippen LogP contribution < -0.4 is 5.48 Å². The number of benzene rings is 1. The lowest BCUT2D eigenvalue weighted by Crippen LogP contribution is -2.60. The van der Waals surface area contributed by atoms with Gasteiger partial charge in [-0.15, -0.1) is 11.3 Å².